The molecular weight excluding hydrogens is 454 g/mol. The molecular formula is C20H24Cl2F3N5O. The molecule has 0 N–H and O–H groups in total. The maximum atomic E-state index is 13.1. The molecule has 1 atom stereocenters. The Morgan fingerprint density at radius 1 is 1.19 bits per heavy atom. The zero-order valence-corrected chi connectivity index (χ0v) is 19.0. The molecule has 0 saturated carbocycles. The van der Waals surface area contributed by atoms with Crippen LogP contribution in [-0.2, 0) is 17.5 Å². The molecule has 170 valence electrons. The highest BCUT2D eigenvalue weighted by atomic mass is 35.5. The van der Waals surface area contributed by atoms with E-state index >= 15 is 0 Å². The van der Waals surface area contributed by atoms with Crippen molar-refractivity contribution in [3.8, 4) is 0 Å². The van der Waals surface area contributed by atoms with Gasteiger partial charge in [0.2, 0.25) is 0 Å². The summed E-state index contributed by atoms with van der Waals surface area (Å²) in [6, 6.07) is 5.23. The summed E-state index contributed by atoms with van der Waals surface area (Å²) in [7, 11) is 3.84. The highest BCUT2D eigenvalue weighted by Crippen LogP contribution is 2.35. The van der Waals surface area contributed by atoms with Gasteiger partial charge in [-0.1, -0.05) is 23.2 Å². The number of rotatable bonds is 6. The van der Waals surface area contributed by atoms with Gasteiger partial charge in [-0.25, -0.2) is 0 Å². The van der Waals surface area contributed by atoms with Crippen LogP contribution >= 0.6 is 23.2 Å². The zero-order valence-electron chi connectivity index (χ0n) is 17.5. The van der Waals surface area contributed by atoms with Gasteiger partial charge in [0.15, 0.2) is 5.69 Å². The van der Waals surface area contributed by atoms with Crippen molar-refractivity contribution < 1.29 is 18.0 Å². The van der Waals surface area contributed by atoms with E-state index in [-0.39, 0.29) is 12.2 Å². The van der Waals surface area contributed by atoms with E-state index in [0.717, 1.165) is 17.7 Å². The number of anilines is 2. The Kier molecular flexibility index (Phi) is 7.08. The Hall–Kier alpha value is -1.97. The summed E-state index contributed by atoms with van der Waals surface area (Å²) in [6.45, 7) is 3.99. The second-order valence-electron chi connectivity index (χ2n) is 7.68. The van der Waals surface area contributed by atoms with Crippen LogP contribution in [-0.4, -0.2) is 67.3 Å². The number of carbonyl (C=O) groups excluding carboxylic acids is 1. The first-order valence-corrected chi connectivity index (χ1v) is 10.5. The molecule has 1 fully saturated rings. The SMILES string of the molecule is Cc1c(Cl)c(C(F)(F)F)nn1CC(C=O)N1CCN(c2ccc(Cl)c(N(C)C)c2)CC1. The van der Waals surface area contributed by atoms with Gasteiger partial charge in [0.05, 0.1) is 34.0 Å². The van der Waals surface area contributed by atoms with E-state index in [1.807, 2.05) is 42.1 Å². The first-order valence-electron chi connectivity index (χ1n) is 9.74. The van der Waals surface area contributed by atoms with Crippen molar-refractivity contribution >= 4 is 40.9 Å². The van der Waals surface area contributed by atoms with E-state index in [2.05, 4.69) is 10.00 Å². The Labute approximate surface area is 189 Å². The van der Waals surface area contributed by atoms with Gasteiger partial charge in [-0.2, -0.15) is 18.3 Å². The summed E-state index contributed by atoms with van der Waals surface area (Å²) in [5.74, 6) is 0. The lowest BCUT2D eigenvalue weighted by atomic mass is 10.2. The monoisotopic (exact) mass is 477 g/mol. The van der Waals surface area contributed by atoms with Crippen molar-refractivity contribution in [2.24, 2.45) is 0 Å². The lowest BCUT2D eigenvalue weighted by Gasteiger charge is -2.38. The van der Waals surface area contributed by atoms with Gasteiger partial charge in [-0.15, -0.1) is 0 Å². The van der Waals surface area contributed by atoms with E-state index in [1.165, 1.54) is 11.6 Å². The smallest absolute Gasteiger partial charge is 0.376 e. The molecule has 6 nitrogen and oxygen atoms in total. The van der Waals surface area contributed by atoms with Gasteiger partial charge in [-0.05, 0) is 25.1 Å². The van der Waals surface area contributed by atoms with E-state index in [9.17, 15) is 18.0 Å². The van der Waals surface area contributed by atoms with Gasteiger partial charge in [0, 0.05) is 46.0 Å². The van der Waals surface area contributed by atoms with Crippen LogP contribution in [0.4, 0.5) is 24.5 Å². The van der Waals surface area contributed by atoms with Gasteiger partial charge < -0.3 is 14.6 Å². The minimum absolute atomic E-state index is 0.0108. The van der Waals surface area contributed by atoms with Crippen LogP contribution in [0.2, 0.25) is 10.0 Å². The van der Waals surface area contributed by atoms with Crippen LogP contribution < -0.4 is 9.80 Å². The summed E-state index contributed by atoms with van der Waals surface area (Å²) in [4.78, 5) is 17.8. The average molecular weight is 478 g/mol. The third kappa shape index (κ3) is 5.10. The lowest BCUT2D eigenvalue weighted by molar-refractivity contribution is -0.141. The maximum Gasteiger partial charge on any atom is 0.436 e. The molecule has 0 aliphatic carbocycles. The number of aromatic nitrogens is 2. The third-order valence-electron chi connectivity index (χ3n) is 5.48. The molecule has 1 aliphatic heterocycles. The normalized spacial score (nSPS) is 16.5. The predicted octanol–water partition coefficient (Wildman–Crippen LogP) is 3.97. The minimum atomic E-state index is -4.64. The number of hydrogen-bond donors (Lipinski definition) is 0. The number of halogens is 5. The Morgan fingerprint density at radius 2 is 1.84 bits per heavy atom. The fraction of sp³-hybridized carbons (Fsp3) is 0.500. The molecule has 2 heterocycles. The number of alkyl halides is 3. The summed E-state index contributed by atoms with van der Waals surface area (Å²) in [5, 5.41) is 3.84. The molecule has 0 radical (unpaired) electrons. The number of piperazine rings is 1. The fourth-order valence-electron chi connectivity index (χ4n) is 3.66. The van der Waals surface area contributed by atoms with Gasteiger partial charge >= 0.3 is 6.18 Å². The van der Waals surface area contributed by atoms with E-state index in [1.54, 1.807) is 0 Å². The van der Waals surface area contributed by atoms with Crippen LogP contribution in [0.5, 0.6) is 0 Å². The van der Waals surface area contributed by atoms with Crippen molar-refractivity contribution in [2.75, 3.05) is 50.1 Å². The molecule has 31 heavy (non-hydrogen) atoms. The van der Waals surface area contributed by atoms with Crippen molar-refractivity contribution in [1.29, 1.82) is 0 Å². The molecule has 1 aromatic heterocycles. The van der Waals surface area contributed by atoms with Crippen LogP contribution in [0.25, 0.3) is 0 Å². The summed E-state index contributed by atoms with van der Waals surface area (Å²) >= 11 is 12.1. The number of hydrogen-bond acceptors (Lipinski definition) is 5. The summed E-state index contributed by atoms with van der Waals surface area (Å²) in [6.07, 6.45) is -3.89. The lowest BCUT2D eigenvalue weighted by Crippen LogP contribution is -2.52. The van der Waals surface area contributed by atoms with E-state index < -0.39 is 22.9 Å². The molecule has 1 saturated heterocycles. The van der Waals surface area contributed by atoms with Crippen molar-refractivity contribution in [3.63, 3.8) is 0 Å². The average Bonchev–Trinajstić information content (AvgIpc) is 3.01. The Morgan fingerprint density at radius 3 is 2.35 bits per heavy atom. The number of nitrogens with zero attached hydrogens (tertiary/aromatic N) is 5. The third-order valence-corrected chi connectivity index (χ3v) is 6.25. The molecule has 0 amide bonds. The number of carbonyl (C=O) groups is 1. The quantitative estimate of drug-likeness (QED) is 0.588. The van der Waals surface area contributed by atoms with E-state index in [0.29, 0.717) is 31.2 Å². The predicted molar refractivity (Wildman–Crippen MR) is 116 cm³/mol. The molecule has 1 unspecified atom stereocenters. The number of benzene rings is 1. The molecule has 11 heteroatoms. The Balaban J connectivity index is 1.69. The van der Waals surface area contributed by atoms with Gasteiger partial charge in [0.1, 0.15) is 6.29 Å². The first kappa shape index (κ1) is 23.7. The maximum absolute atomic E-state index is 13.1. The molecule has 0 spiro atoms. The van der Waals surface area contributed by atoms with Crippen molar-refractivity contribution in [3.05, 3.63) is 39.6 Å². The second-order valence-corrected chi connectivity index (χ2v) is 8.47. The highest BCUT2D eigenvalue weighted by molar-refractivity contribution is 6.33. The molecule has 1 aliphatic rings. The van der Waals surface area contributed by atoms with Crippen LogP contribution in [0.3, 0.4) is 0 Å². The molecule has 1 aromatic carbocycles. The van der Waals surface area contributed by atoms with Gasteiger partial charge in [-0.3, -0.25) is 9.58 Å². The Bertz CT molecular complexity index is 940. The topological polar surface area (TPSA) is 44.6 Å². The largest absolute Gasteiger partial charge is 0.436 e. The summed E-state index contributed by atoms with van der Waals surface area (Å²) < 4.78 is 40.4. The fourth-order valence-corrected chi connectivity index (χ4v) is 4.19. The van der Waals surface area contributed by atoms with Crippen molar-refractivity contribution in [1.82, 2.24) is 14.7 Å². The standard InChI is InChI=1S/C20H24Cl2F3N5O/c1-13-18(22)19(20(23,24)25)26-30(13)11-15(12-31)29-8-6-28(7-9-29)14-4-5-16(21)17(10-14)27(2)3/h4-5,10,12,15H,6-9,11H2,1-3H3. The summed E-state index contributed by atoms with van der Waals surface area (Å²) in [5.41, 5.74) is 1.01. The van der Waals surface area contributed by atoms with Crippen LogP contribution in [0, 0.1) is 6.92 Å². The zero-order chi connectivity index (χ0) is 22.9. The van der Waals surface area contributed by atoms with Gasteiger partial charge in [0.25, 0.3) is 0 Å². The highest BCUT2D eigenvalue weighted by Gasteiger charge is 2.38. The molecule has 2 aromatic rings. The molecule has 3 rings (SSSR count). The second kappa shape index (κ2) is 9.26. The number of aldehydes is 1. The van der Waals surface area contributed by atoms with Crippen molar-refractivity contribution in [2.45, 2.75) is 25.7 Å². The molecule has 0 bridgehead atoms. The van der Waals surface area contributed by atoms with E-state index in [4.69, 9.17) is 23.2 Å². The first-order chi connectivity index (χ1) is 14.5. The van der Waals surface area contributed by atoms with Crippen LogP contribution in [0.1, 0.15) is 11.4 Å². The minimum Gasteiger partial charge on any atom is -0.376 e. The van der Waals surface area contributed by atoms with Crippen LogP contribution in [0.15, 0.2) is 18.2 Å².